The third-order valence-corrected chi connectivity index (χ3v) is 6.88. The van der Waals surface area contributed by atoms with Crippen LogP contribution in [0.3, 0.4) is 0 Å². The monoisotopic (exact) mass is 421 g/mol. The topological polar surface area (TPSA) is 102 Å². The molecule has 2 amide bonds. The average molecular weight is 422 g/mol. The van der Waals surface area contributed by atoms with Crippen LogP contribution in [-0.4, -0.2) is 42.4 Å². The van der Waals surface area contributed by atoms with E-state index in [0.717, 1.165) is 30.7 Å². The van der Waals surface area contributed by atoms with E-state index in [1.807, 2.05) is 11.4 Å². The second-order valence-corrected chi connectivity index (χ2v) is 8.54. The number of nitrogens with one attached hydrogen (secondary N) is 1. The van der Waals surface area contributed by atoms with Crippen LogP contribution >= 0.6 is 22.7 Å². The molecule has 0 aliphatic carbocycles. The lowest BCUT2D eigenvalue weighted by molar-refractivity contribution is -0.117. The van der Waals surface area contributed by atoms with Crippen LogP contribution in [0.25, 0.3) is 0 Å². The van der Waals surface area contributed by atoms with Gasteiger partial charge in [0.05, 0.1) is 23.6 Å². The molecule has 9 heteroatoms. The summed E-state index contributed by atoms with van der Waals surface area (Å²) in [5, 5.41) is 5.14. The van der Waals surface area contributed by atoms with E-state index in [4.69, 9.17) is 10.5 Å². The summed E-state index contributed by atoms with van der Waals surface area (Å²) in [6.07, 6.45) is 2.06. The van der Waals surface area contributed by atoms with Crippen LogP contribution in [0, 0.1) is 6.92 Å². The summed E-state index contributed by atoms with van der Waals surface area (Å²) >= 11 is 2.70. The molecule has 0 saturated carbocycles. The molecule has 2 aromatic heterocycles. The Kier molecular flexibility index (Phi) is 6.48. The zero-order valence-electron chi connectivity index (χ0n) is 15.8. The first-order valence-electron chi connectivity index (χ1n) is 9.10. The summed E-state index contributed by atoms with van der Waals surface area (Å²) in [4.78, 5) is 40.3. The number of esters is 1. The highest BCUT2D eigenvalue weighted by Gasteiger charge is 2.30. The Morgan fingerprint density at radius 2 is 2.18 bits per heavy atom. The van der Waals surface area contributed by atoms with E-state index in [-0.39, 0.29) is 35.5 Å². The lowest BCUT2D eigenvalue weighted by Gasteiger charge is -2.22. The SMILES string of the molecule is CCOC(=O)c1c(NC(=O)CN2CCC[C@H]2c2cccs2)sc(C(N)=O)c1C. The summed E-state index contributed by atoms with van der Waals surface area (Å²) in [6.45, 7) is 4.59. The number of nitrogens with two attached hydrogens (primary N) is 1. The van der Waals surface area contributed by atoms with E-state index in [2.05, 4.69) is 16.3 Å². The molecule has 3 N–H and O–H groups in total. The maximum atomic E-state index is 12.7. The Bertz CT molecular complexity index is 876. The number of anilines is 1. The molecule has 1 aliphatic rings. The second-order valence-electron chi connectivity index (χ2n) is 6.54. The largest absolute Gasteiger partial charge is 0.462 e. The van der Waals surface area contributed by atoms with Gasteiger partial charge < -0.3 is 15.8 Å². The Morgan fingerprint density at radius 1 is 1.39 bits per heavy atom. The smallest absolute Gasteiger partial charge is 0.341 e. The van der Waals surface area contributed by atoms with Gasteiger partial charge in [0.15, 0.2) is 0 Å². The first-order valence-corrected chi connectivity index (χ1v) is 10.8. The number of likely N-dealkylation sites (tertiary alicyclic amines) is 1. The summed E-state index contributed by atoms with van der Waals surface area (Å²) in [5.41, 5.74) is 6.04. The molecule has 0 spiro atoms. The van der Waals surface area contributed by atoms with Gasteiger partial charge >= 0.3 is 5.97 Å². The van der Waals surface area contributed by atoms with Gasteiger partial charge in [-0.15, -0.1) is 22.7 Å². The molecule has 7 nitrogen and oxygen atoms in total. The molecular formula is C19H23N3O4S2. The van der Waals surface area contributed by atoms with Crippen molar-refractivity contribution in [3.8, 4) is 0 Å². The van der Waals surface area contributed by atoms with Gasteiger partial charge in [-0.3, -0.25) is 14.5 Å². The van der Waals surface area contributed by atoms with Gasteiger partial charge in [-0.2, -0.15) is 0 Å². The Hall–Kier alpha value is -2.23. The van der Waals surface area contributed by atoms with Crippen LogP contribution in [0.15, 0.2) is 17.5 Å². The second kappa shape index (κ2) is 8.85. The Morgan fingerprint density at radius 3 is 2.82 bits per heavy atom. The van der Waals surface area contributed by atoms with Crippen LogP contribution in [-0.2, 0) is 9.53 Å². The number of carbonyl (C=O) groups excluding carboxylic acids is 3. The van der Waals surface area contributed by atoms with Crippen molar-refractivity contribution < 1.29 is 19.1 Å². The van der Waals surface area contributed by atoms with Crippen LogP contribution in [0.5, 0.6) is 0 Å². The van der Waals surface area contributed by atoms with E-state index >= 15 is 0 Å². The molecule has 3 heterocycles. The predicted molar refractivity (Wildman–Crippen MR) is 110 cm³/mol. The van der Waals surface area contributed by atoms with E-state index in [1.54, 1.807) is 25.2 Å². The Balaban J connectivity index is 1.77. The number of carbonyl (C=O) groups is 3. The molecule has 0 aromatic carbocycles. The van der Waals surface area contributed by atoms with Crippen molar-refractivity contribution in [3.63, 3.8) is 0 Å². The third kappa shape index (κ3) is 4.26. The van der Waals surface area contributed by atoms with Crippen molar-refractivity contribution in [2.45, 2.75) is 32.7 Å². The van der Waals surface area contributed by atoms with E-state index < -0.39 is 11.9 Å². The minimum absolute atomic E-state index is 0.198. The fourth-order valence-electron chi connectivity index (χ4n) is 3.45. The van der Waals surface area contributed by atoms with Crippen LogP contribution in [0.1, 0.15) is 56.3 Å². The van der Waals surface area contributed by atoms with Gasteiger partial charge in [0.1, 0.15) is 5.00 Å². The summed E-state index contributed by atoms with van der Waals surface area (Å²) < 4.78 is 5.08. The lowest BCUT2D eigenvalue weighted by atomic mass is 10.1. The Labute approximate surface area is 171 Å². The van der Waals surface area contributed by atoms with E-state index in [0.29, 0.717) is 10.6 Å². The van der Waals surface area contributed by atoms with Gasteiger partial charge in [0.2, 0.25) is 5.91 Å². The number of rotatable bonds is 7. The molecule has 1 fully saturated rings. The molecular weight excluding hydrogens is 398 g/mol. The highest BCUT2D eigenvalue weighted by molar-refractivity contribution is 7.18. The molecule has 0 bridgehead atoms. The number of nitrogens with zero attached hydrogens (tertiary/aromatic N) is 1. The minimum Gasteiger partial charge on any atom is -0.462 e. The molecule has 2 aromatic rings. The minimum atomic E-state index is -0.633. The van der Waals surface area contributed by atoms with Gasteiger partial charge in [0, 0.05) is 10.9 Å². The van der Waals surface area contributed by atoms with Crippen molar-refractivity contribution in [1.29, 1.82) is 0 Å². The molecule has 150 valence electrons. The van der Waals surface area contributed by atoms with Crippen LogP contribution in [0.4, 0.5) is 5.00 Å². The molecule has 28 heavy (non-hydrogen) atoms. The molecule has 1 aliphatic heterocycles. The normalized spacial score (nSPS) is 16.9. The lowest BCUT2D eigenvalue weighted by Crippen LogP contribution is -2.32. The number of hydrogen-bond donors (Lipinski definition) is 2. The van der Waals surface area contributed by atoms with Gasteiger partial charge in [-0.25, -0.2) is 4.79 Å². The molecule has 1 atom stereocenters. The average Bonchev–Trinajstić information content (AvgIpc) is 3.35. The van der Waals surface area contributed by atoms with Crippen LogP contribution < -0.4 is 11.1 Å². The maximum Gasteiger partial charge on any atom is 0.341 e. The van der Waals surface area contributed by atoms with Gasteiger partial charge in [-0.1, -0.05) is 6.07 Å². The summed E-state index contributed by atoms with van der Waals surface area (Å²) in [6, 6.07) is 4.34. The zero-order chi connectivity index (χ0) is 20.3. The number of hydrogen-bond acceptors (Lipinski definition) is 7. The van der Waals surface area contributed by atoms with Crippen molar-refractivity contribution in [1.82, 2.24) is 4.90 Å². The number of ether oxygens (including phenoxy) is 1. The fraction of sp³-hybridized carbons (Fsp3) is 0.421. The van der Waals surface area contributed by atoms with Gasteiger partial charge in [0.25, 0.3) is 5.91 Å². The van der Waals surface area contributed by atoms with Crippen molar-refractivity contribution in [2.75, 3.05) is 25.0 Å². The number of thiophene rings is 2. The molecule has 0 radical (unpaired) electrons. The maximum absolute atomic E-state index is 12.7. The first-order chi connectivity index (χ1) is 13.4. The molecule has 3 rings (SSSR count). The third-order valence-electron chi connectivity index (χ3n) is 4.69. The van der Waals surface area contributed by atoms with E-state index in [9.17, 15) is 14.4 Å². The van der Waals surface area contributed by atoms with E-state index in [1.165, 1.54) is 4.88 Å². The summed E-state index contributed by atoms with van der Waals surface area (Å²) in [7, 11) is 0. The highest BCUT2D eigenvalue weighted by Crippen LogP contribution is 2.35. The van der Waals surface area contributed by atoms with Crippen molar-refractivity contribution >= 4 is 45.5 Å². The number of amides is 2. The van der Waals surface area contributed by atoms with Gasteiger partial charge in [-0.05, 0) is 50.2 Å². The molecule has 1 saturated heterocycles. The van der Waals surface area contributed by atoms with Crippen LogP contribution in [0.2, 0.25) is 0 Å². The molecule has 0 unspecified atom stereocenters. The first kappa shape index (κ1) is 20.5. The summed E-state index contributed by atoms with van der Waals surface area (Å²) in [5.74, 6) is -1.44. The van der Waals surface area contributed by atoms with Crippen molar-refractivity contribution in [3.05, 3.63) is 38.4 Å². The predicted octanol–water partition coefficient (Wildman–Crippen LogP) is 3.17. The standard InChI is InChI=1S/C19H23N3O4S2/c1-3-26-19(25)15-11(2)16(17(20)24)28-18(15)21-14(23)10-22-8-4-6-12(22)13-7-5-9-27-13/h5,7,9,12H,3-4,6,8,10H2,1-2H3,(H2,20,24)(H,21,23)/t12-/m0/s1. The highest BCUT2D eigenvalue weighted by atomic mass is 32.1. The zero-order valence-corrected chi connectivity index (χ0v) is 17.5. The van der Waals surface area contributed by atoms with Crippen molar-refractivity contribution in [2.24, 2.45) is 5.73 Å². The quantitative estimate of drug-likeness (QED) is 0.669. The fourth-order valence-corrected chi connectivity index (χ4v) is 5.41. The number of primary amides is 1.